The highest BCUT2D eigenvalue weighted by Crippen LogP contribution is 2.07. The molecule has 0 aliphatic heterocycles. The minimum Gasteiger partial charge on any atom is -0.480 e. The van der Waals surface area contributed by atoms with Crippen molar-refractivity contribution in [1.29, 1.82) is 0 Å². The summed E-state index contributed by atoms with van der Waals surface area (Å²) in [6, 6.07) is 0. The van der Waals surface area contributed by atoms with Gasteiger partial charge < -0.3 is 5.11 Å². The lowest BCUT2D eigenvalue weighted by atomic mass is 10.3. The highest BCUT2D eigenvalue weighted by Gasteiger charge is 2.09. The van der Waals surface area contributed by atoms with Crippen LogP contribution in [0.25, 0.3) is 0 Å². The van der Waals surface area contributed by atoms with E-state index in [1.54, 1.807) is 0 Å². The molecule has 8 heavy (non-hydrogen) atoms. The number of carboxylic acid groups (broad SMARTS) is 1. The van der Waals surface area contributed by atoms with Gasteiger partial charge >= 0.3 is 5.97 Å². The van der Waals surface area contributed by atoms with Gasteiger partial charge in [-0.05, 0) is 6.42 Å². The molecule has 0 aromatic carbocycles. The average molecular weight is 228 g/mol. The van der Waals surface area contributed by atoms with Crippen molar-refractivity contribution in [2.45, 2.75) is 23.7 Å². The van der Waals surface area contributed by atoms with Gasteiger partial charge in [0.15, 0.2) is 0 Å². The molecule has 0 saturated heterocycles. The lowest BCUT2D eigenvalue weighted by Crippen LogP contribution is -2.11. The number of hydrogen-bond acceptors (Lipinski definition) is 1. The van der Waals surface area contributed by atoms with Crippen LogP contribution in [0.2, 0.25) is 0 Å². The van der Waals surface area contributed by atoms with Crippen LogP contribution in [-0.2, 0) is 4.79 Å². The van der Waals surface area contributed by atoms with E-state index in [1.807, 2.05) is 29.5 Å². The third-order valence-corrected chi connectivity index (χ3v) is 1.97. The first-order valence-electron chi connectivity index (χ1n) is 2.55. The monoisotopic (exact) mass is 228 g/mol. The summed E-state index contributed by atoms with van der Waals surface area (Å²) in [4.78, 5) is 10.1. The van der Waals surface area contributed by atoms with Crippen molar-refractivity contribution in [3.63, 3.8) is 0 Å². The second kappa shape index (κ2) is 4.12. The first kappa shape index (κ1) is 8.20. The molecule has 0 heterocycles. The van der Waals surface area contributed by atoms with Gasteiger partial charge in [0.25, 0.3) is 0 Å². The highest BCUT2D eigenvalue weighted by molar-refractivity contribution is 14.1. The number of alkyl halides is 1. The molecular weight excluding hydrogens is 219 g/mol. The molecule has 3 heteroatoms. The van der Waals surface area contributed by atoms with Crippen molar-refractivity contribution < 1.29 is 9.90 Å². The molecule has 0 bridgehead atoms. The van der Waals surface area contributed by atoms with Gasteiger partial charge in [0.1, 0.15) is 3.92 Å². The molecule has 1 unspecified atom stereocenters. The molecule has 0 spiro atoms. The van der Waals surface area contributed by atoms with Gasteiger partial charge in [0.2, 0.25) is 0 Å². The summed E-state index contributed by atoms with van der Waals surface area (Å²) in [6.45, 7) is 1.98. The molecule has 0 aromatic heterocycles. The Hall–Kier alpha value is 0.200. The maximum absolute atomic E-state index is 10.1. The molecule has 1 N–H and O–H groups in total. The molecule has 48 valence electrons. The van der Waals surface area contributed by atoms with Crippen LogP contribution in [0.4, 0.5) is 0 Å². The van der Waals surface area contributed by atoms with Gasteiger partial charge in [-0.25, -0.2) is 0 Å². The van der Waals surface area contributed by atoms with Crippen LogP contribution < -0.4 is 0 Å². The third kappa shape index (κ3) is 3.23. The van der Waals surface area contributed by atoms with Crippen LogP contribution in [0.15, 0.2) is 0 Å². The predicted octanol–water partition coefficient (Wildman–Crippen LogP) is 1.67. The zero-order valence-electron chi connectivity index (χ0n) is 4.72. The van der Waals surface area contributed by atoms with E-state index in [0.717, 1.165) is 12.8 Å². The smallest absolute Gasteiger partial charge is 0.316 e. The lowest BCUT2D eigenvalue weighted by molar-refractivity contribution is -0.136. The summed E-state index contributed by atoms with van der Waals surface area (Å²) in [5.41, 5.74) is 0. The highest BCUT2D eigenvalue weighted by atomic mass is 127. The zero-order valence-corrected chi connectivity index (χ0v) is 6.88. The van der Waals surface area contributed by atoms with Crippen molar-refractivity contribution in [2.24, 2.45) is 0 Å². The van der Waals surface area contributed by atoms with E-state index < -0.39 is 5.97 Å². The molecule has 0 aromatic rings. The van der Waals surface area contributed by atoms with E-state index in [1.165, 1.54) is 0 Å². The molecule has 0 amide bonds. The van der Waals surface area contributed by atoms with Gasteiger partial charge in [0, 0.05) is 0 Å². The predicted molar refractivity (Wildman–Crippen MR) is 40.4 cm³/mol. The summed E-state index contributed by atoms with van der Waals surface area (Å²) >= 11 is 1.93. The number of carboxylic acids is 1. The largest absolute Gasteiger partial charge is 0.480 e. The van der Waals surface area contributed by atoms with E-state index in [4.69, 9.17) is 5.11 Å². The fraction of sp³-hybridized carbons (Fsp3) is 0.800. The minimum atomic E-state index is -0.701. The van der Waals surface area contributed by atoms with E-state index in [2.05, 4.69) is 0 Å². The molecule has 0 fully saturated rings. The molecule has 0 rings (SSSR count). The lowest BCUT2D eigenvalue weighted by Gasteiger charge is -1.98. The summed E-state index contributed by atoms with van der Waals surface area (Å²) in [6.07, 6.45) is 1.72. The van der Waals surface area contributed by atoms with Crippen molar-refractivity contribution in [3.8, 4) is 0 Å². The van der Waals surface area contributed by atoms with E-state index >= 15 is 0 Å². The summed E-state index contributed by atoms with van der Waals surface area (Å²) in [5.74, 6) is -0.701. The molecule has 0 radical (unpaired) electrons. The fourth-order valence-electron chi connectivity index (χ4n) is 0.377. The molecule has 2 nitrogen and oxygen atoms in total. The average Bonchev–Trinajstić information content (AvgIpc) is 1.67. The van der Waals surface area contributed by atoms with Crippen molar-refractivity contribution >= 4 is 28.6 Å². The number of aliphatic carboxylic acids is 1. The topological polar surface area (TPSA) is 37.3 Å². The molecule has 0 aliphatic carbocycles. The third-order valence-electron chi connectivity index (χ3n) is 0.810. The van der Waals surface area contributed by atoms with Crippen molar-refractivity contribution in [3.05, 3.63) is 0 Å². The van der Waals surface area contributed by atoms with Crippen molar-refractivity contribution in [1.82, 2.24) is 0 Å². The number of rotatable bonds is 3. The quantitative estimate of drug-likeness (QED) is 0.589. The summed E-state index contributed by atoms with van der Waals surface area (Å²) in [5, 5.41) is 8.31. The number of carbonyl (C=O) groups is 1. The van der Waals surface area contributed by atoms with E-state index in [0.29, 0.717) is 0 Å². The van der Waals surface area contributed by atoms with Gasteiger partial charge in [-0.1, -0.05) is 35.9 Å². The van der Waals surface area contributed by atoms with Gasteiger partial charge in [-0.3, -0.25) is 4.79 Å². The van der Waals surface area contributed by atoms with Gasteiger partial charge in [0.05, 0.1) is 0 Å². The second-order valence-electron chi connectivity index (χ2n) is 1.59. The maximum Gasteiger partial charge on any atom is 0.316 e. The zero-order chi connectivity index (χ0) is 6.57. The molecule has 0 saturated carbocycles. The Morgan fingerprint density at radius 1 is 1.88 bits per heavy atom. The SMILES string of the molecule is CCCC(I)C(=O)O. The van der Waals surface area contributed by atoms with Gasteiger partial charge in [-0.15, -0.1) is 0 Å². The normalized spacial score (nSPS) is 13.2. The first-order chi connectivity index (χ1) is 3.68. The number of halogens is 1. The standard InChI is InChI=1S/C5H9IO2/c1-2-3-4(6)5(7)8/h4H,2-3H2,1H3,(H,7,8). The van der Waals surface area contributed by atoms with Crippen LogP contribution in [-0.4, -0.2) is 15.0 Å². The Labute approximate surface area is 62.4 Å². The second-order valence-corrected chi connectivity index (χ2v) is 3.10. The Balaban J connectivity index is 3.32. The summed E-state index contributed by atoms with van der Waals surface area (Å²) < 4.78 is -0.197. The summed E-state index contributed by atoms with van der Waals surface area (Å²) in [7, 11) is 0. The minimum absolute atomic E-state index is 0.197. The van der Waals surface area contributed by atoms with Crippen LogP contribution in [0.5, 0.6) is 0 Å². The molecule has 0 aliphatic rings. The Morgan fingerprint density at radius 2 is 2.38 bits per heavy atom. The Bertz CT molecular complexity index is 82.5. The molecule has 1 atom stereocenters. The van der Waals surface area contributed by atoms with Crippen LogP contribution >= 0.6 is 22.6 Å². The fourth-order valence-corrected chi connectivity index (χ4v) is 1.000. The van der Waals surface area contributed by atoms with E-state index in [9.17, 15) is 4.79 Å². The van der Waals surface area contributed by atoms with Crippen molar-refractivity contribution in [2.75, 3.05) is 0 Å². The maximum atomic E-state index is 10.1. The van der Waals surface area contributed by atoms with Crippen LogP contribution in [0, 0.1) is 0 Å². The Kier molecular flexibility index (Phi) is 4.22. The molecular formula is C5H9IO2. The number of hydrogen-bond donors (Lipinski definition) is 1. The van der Waals surface area contributed by atoms with E-state index in [-0.39, 0.29) is 3.92 Å². The van der Waals surface area contributed by atoms with Crippen LogP contribution in [0.3, 0.4) is 0 Å². The Morgan fingerprint density at radius 3 is 2.50 bits per heavy atom. The first-order valence-corrected chi connectivity index (χ1v) is 3.80. The van der Waals surface area contributed by atoms with Crippen LogP contribution in [0.1, 0.15) is 19.8 Å². The van der Waals surface area contributed by atoms with Gasteiger partial charge in [-0.2, -0.15) is 0 Å².